The monoisotopic (exact) mass is 274 g/mol. The molecular weight excluding hydrogens is 264 g/mol. The van der Waals surface area contributed by atoms with E-state index in [-0.39, 0.29) is 30.4 Å². The summed E-state index contributed by atoms with van der Waals surface area (Å²) in [5, 5.41) is 11.2. The average molecular weight is 274 g/mol. The van der Waals surface area contributed by atoms with E-state index in [0.717, 1.165) is 0 Å². The normalized spacial score (nSPS) is 15.5. The molecule has 0 radical (unpaired) electrons. The van der Waals surface area contributed by atoms with Crippen molar-refractivity contribution in [1.82, 2.24) is 14.7 Å². The van der Waals surface area contributed by atoms with Crippen LogP contribution in [-0.2, 0) is 4.79 Å². The van der Waals surface area contributed by atoms with Crippen LogP contribution in [0.4, 0.5) is 10.7 Å². The van der Waals surface area contributed by atoms with E-state index in [1.807, 2.05) is 0 Å². The van der Waals surface area contributed by atoms with Crippen molar-refractivity contribution in [1.29, 1.82) is 0 Å². The highest BCUT2D eigenvalue weighted by Gasteiger charge is 2.27. The molecule has 3 rings (SSSR count). The first-order chi connectivity index (χ1) is 9.56. The van der Waals surface area contributed by atoms with Crippen LogP contribution in [0.3, 0.4) is 0 Å². The van der Waals surface area contributed by atoms with Gasteiger partial charge >= 0.3 is 12.0 Å². The molecule has 1 aliphatic heterocycles. The summed E-state index contributed by atoms with van der Waals surface area (Å²) < 4.78 is 1.51. The Morgan fingerprint density at radius 2 is 2.15 bits per heavy atom. The van der Waals surface area contributed by atoms with E-state index in [1.54, 1.807) is 6.07 Å². The van der Waals surface area contributed by atoms with Crippen molar-refractivity contribution in [2.45, 2.75) is 6.42 Å². The van der Waals surface area contributed by atoms with Crippen LogP contribution in [0.1, 0.15) is 16.8 Å². The molecule has 0 aliphatic carbocycles. The SMILES string of the molecule is O=C1CCN(c2ncc3ccc(C(=O)O)cn23)C(=O)N1. The standard InChI is InChI=1S/C12H10N4O4/c17-9-3-4-15(12(20)14-9)11-13-5-8-2-1-7(10(18)19)6-16(8)11/h1-2,5-6H,3-4H2,(H,18,19)(H,14,17,20). The average Bonchev–Trinajstić information content (AvgIpc) is 2.81. The molecule has 0 unspecified atom stereocenters. The van der Waals surface area contributed by atoms with Crippen LogP contribution in [-0.4, -0.2) is 38.9 Å². The molecule has 8 nitrogen and oxygen atoms in total. The van der Waals surface area contributed by atoms with Crippen LogP contribution in [0, 0.1) is 0 Å². The number of imide groups is 1. The van der Waals surface area contributed by atoms with E-state index in [4.69, 9.17) is 5.11 Å². The third-order valence-corrected chi connectivity index (χ3v) is 3.05. The Labute approximate surface area is 112 Å². The van der Waals surface area contributed by atoms with Crippen LogP contribution in [0.15, 0.2) is 24.5 Å². The summed E-state index contributed by atoms with van der Waals surface area (Å²) in [6.07, 6.45) is 3.10. The topological polar surface area (TPSA) is 104 Å². The maximum absolute atomic E-state index is 11.8. The molecule has 0 atom stereocenters. The Balaban J connectivity index is 2.07. The first-order valence-electron chi connectivity index (χ1n) is 5.88. The minimum Gasteiger partial charge on any atom is -0.478 e. The molecule has 0 bridgehead atoms. The van der Waals surface area contributed by atoms with Gasteiger partial charge in [-0.15, -0.1) is 0 Å². The summed E-state index contributed by atoms with van der Waals surface area (Å²) >= 11 is 0. The number of hydrogen-bond acceptors (Lipinski definition) is 4. The molecule has 1 fully saturated rings. The molecule has 102 valence electrons. The fraction of sp³-hybridized carbons (Fsp3) is 0.167. The number of aromatic carboxylic acids is 1. The number of urea groups is 1. The Hall–Kier alpha value is -2.90. The number of carboxylic acids is 1. The smallest absolute Gasteiger partial charge is 0.337 e. The van der Waals surface area contributed by atoms with E-state index in [0.29, 0.717) is 5.52 Å². The van der Waals surface area contributed by atoms with Gasteiger partial charge in [0, 0.05) is 19.2 Å². The van der Waals surface area contributed by atoms with Gasteiger partial charge in [-0.3, -0.25) is 19.4 Å². The number of fused-ring (bicyclic) bond motifs is 1. The Bertz CT molecular complexity index is 736. The van der Waals surface area contributed by atoms with Crippen molar-refractivity contribution in [3.8, 4) is 0 Å². The molecular formula is C12H10N4O4. The van der Waals surface area contributed by atoms with Gasteiger partial charge in [0.25, 0.3) is 0 Å². The van der Waals surface area contributed by atoms with E-state index in [2.05, 4.69) is 10.3 Å². The summed E-state index contributed by atoms with van der Waals surface area (Å²) in [5.74, 6) is -1.11. The lowest BCUT2D eigenvalue weighted by molar-refractivity contribution is -0.120. The summed E-state index contributed by atoms with van der Waals surface area (Å²) in [7, 11) is 0. The quantitative estimate of drug-likeness (QED) is 0.828. The largest absolute Gasteiger partial charge is 0.478 e. The van der Waals surface area contributed by atoms with Crippen LogP contribution in [0.2, 0.25) is 0 Å². The predicted molar refractivity (Wildman–Crippen MR) is 67.7 cm³/mol. The molecule has 3 amide bonds. The predicted octanol–water partition coefficient (Wildman–Crippen LogP) is 0.479. The van der Waals surface area contributed by atoms with Crippen LogP contribution >= 0.6 is 0 Å². The number of pyridine rings is 1. The number of carbonyl (C=O) groups is 3. The zero-order chi connectivity index (χ0) is 14.3. The van der Waals surface area contributed by atoms with E-state index >= 15 is 0 Å². The van der Waals surface area contributed by atoms with Gasteiger partial charge in [-0.1, -0.05) is 0 Å². The number of amides is 3. The molecule has 2 aromatic heterocycles. The molecule has 8 heteroatoms. The van der Waals surface area contributed by atoms with Gasteiger partial charge in [-0.05, 0) is 12.1 Å². The summed E-state index contributed by atoms with van der Waals surface area (Å²) in [4.78, 5) is 39.3. The number of carboxylic acid groups (broad SMARTS) is 1. The maximum atomic E-state index is 11.8. The lowest BCUT2D eigenvalue weighted by atomic mass is 10.3. The van der Waals surface area contributed by atoms with Crippen molar-refractivity contribution in [2.24, 2.45) is 0 Å². The molecule has 1 aliphatic rings. The molecule has 20 heavy (non-hydrogen) atoms. The molecule has 1 saturated heterocycles. The number of nitrogens with zero attached hydrogens (tertiary/aromatic N) is 3. The van der Waals surface area contributed by atoms with E-state index in [9.17, 15) is 14.4 Å². The van der Waals surface area contributed by atoms with Gasteiger partial charge in [-0.2, -0.15) is 0 Å². The fourth-order valence-electron chi connectivity index (χ4n) is 2.06. The van der Waals surface area contributed by atoms with Crippen LogP contribution in [0.25, 0.3) is 5.52 Å². The van der Waals surface area contributed by atoms with Crippen molar-refractivity contribution < 1.29 is 19.5 Å². The second-order valence-corrected chi connectivity index (χ2v) is 4.33. The first kappa shape index (κ1) is 12.2. The number of rotatable bonds is 2. The van der Waals surface area contributed by atoms with Gasteiger partial charge < -0.3 is 5.11 Å². The molecule has 0 saturated carbocycles. The summed E-state index contributed by atoms with van der Waals surface area (Å²) in [5.41, 5.74) is 0.750. The molecule has 0 spiro atoms. The van der Waals surface area contributed by atoms with Crippen molar-refractivity contribution in [3.05, 3.63) is 30.1 Å². The highest BCUT2D eigenvalue weighted by molar-refractivity contribution is 6.05. The Kier molecular flexibility index (Phi) is 2.63. The van der Waals surface area contributed by atoms with Gasteiger partial charge in [0.05, 0.1) is 17.3 Å². The van der Waals surface area contributed by atoms with Crippen molar-refractivity contribution in [2.75, 3.05) is 11.4 Å². The number of carbonyl (C=O) groups excluding carboxylic acids is 2. The second-order valence-electron chi connectivity index (χ2n) is 4.33. The summed E-state index contributed by atoms with van der Waals surface area (Å²) in [6.45, 7) is 0.209. The van der Waals surface area contributed by atoms with Crippen LogP contribution < -0.4 is 10.2 Å². The van der Waals surface area contributed by atoms with Crippen molar-refractivity contribution in [3.63, 3.8) is 0 Å². The molecule has 2 aromatic rings. The minimum atomic E-state index is -1.06. The molecule has 2 N–H and O–H groups in total. The van der Waals surface area contributed by atoms with Gasteiger partial charge in [-0.25, -0.2) is 14.6 Å². The molecule has 3 heterocycles. The summed E-state index contributed by atoms with van der Waals surface area (Å²) in [6, 6.07) is 2.50. The van der Waals surface area contributed by atoms with E-state index in [1.165, 1.54) is 27.8 Å². The Morgan fingerprint density at radius 3 is 2.85 bits per heavy atom. The minimum absolute atomic E-state index is 0.0882. The maximum Gasteiger partial charge on any atom is 0.337 e. The lowest BCUT2D eigenvalue weighted by Gasteiger charge is -2.24. The zero-order valence-corrected chi connectivity index (χ0v) is 10.2. The number of hydrogen-bond donors (Lipinski definition) is 2. The lowest BCUT2D eigenvalue weighted by Crippen LogP contribution is -2.50. The first-order valence-corrected chi connectivity index (χ1v) is 5.88. The highest BCUT2D eigenvalue weighted by Crippen LogP contribution is 2.19. The number of aromatic nitrogens is 2. The van der Waals surface area contributed by atoms with Gasteiger partial charge in [0.15, 0.2) is 0 Å². The van der Waals surface area contributed by atoms with E-state index < -0.39 is 12.0 Å². The third kappa shape index (κ3) is 1.87. The Morgan fingerprint density at radius 1 is 1.35 bits per heavy atom. The number of anilines is 1. The van der Waals surface area contributed by atoms with Gasteiger partial charge in [0.2, 0.25) is 11.9 Å². The number of nitrogens with one attached hydrogen (secondary N) is 1. The zero-order valence-electron chi connectivity index (χ0n) is 10.2. The molecule has 0 aromatic carbocycles. The third-order valence-electron chi connectivity index (χ3n) is 3.05. The second kappa shape index (κ2) is 4.34. The highest BCUT2D eigenvalue weighted by atomic mass is 16.4. The van der Waals surface area contributed by atoms with Crippen molar-refractivity contribution >= 4 is 29.4 Å². The fourth-order valence-corrected chi connectivity index (χ4v) is 2.06. The van der Waals surface area contributed by atoms with Crippen LogP contribution in [0.5, 0.6) is 0 Å². The number of imidazole rings is 1. The van der Waals surface area contributed by atoms with Gasteiger partial charge in [0.1, 0.15) is 0 Å².